The Kier molecular flexibility index (Phi) is 4.68. The molecular formula is C15H25N3O2. The van der Waals surface area contributed by atoms with Gasteiger partial charge in [0, 0.05) is 13.0 Å². The van der Waals surface area contributed by atoms with Gasteiger partial charge in [0.25, 0.3) is 5.89 Å². The highest BCUT2D eigenvalue weighted by Crippen LogP contribution is 2.27. The van der Waals surface area contributed by atoms with E-state index in [9.17, 15) is 0 Å². The molecule has 0 amide bonds. The maximum absolute atomic E-state index is 5.56. The molecule has 0 aliphatic carbocycles. The first kappa shape index (κ1) is 14.0. The van der Waals surface area contributed by atoms with Crippen molar-refractivity contribution in [2.45, 2.75) is 51.6 Å². The van der Waals surface area contributed by atoms with Crippen LogP contribution in [0.1, 0.15) is 56.8 Å². The van der Waals surface area contributed by atoms with Crippen LogP contribution in [0.25, 0.3) is 0 Å². The van der Waals surface area contributed by atoms with E-state index in [0.717, 1.165) is 50.6 Å². The fourth-order valence-corrected chi connectivity index (χ4v) is 3.02. The molecule has 2 saturated heterocycles. The predicted molar refractivity (Wildman–Crippen MR) is 75.4 cm³/mol. The Bertz CT molecular complexity index is 407. The molecule has 0 aromatic carbocycles. The highest BCUT2D eigenvalue weighted by Gasteiger charge is 2.23. The molecule has 1 aromatic heterocycles. The first-order valence-electron chi connectivity index (χ1n) is 7.97. The molecule has 0 spiro atoms. The van der Waals surface area contributed by atoms with Crippen molar-refractivity contribution < 1.29 is 9.26 Å². The third kappa shape index (κ3) is 3.58. The summed E-state index contributed by atoms with van der Waals surface area (Å²) in [6, 6.07) is 0. The molecule has 112 valence electrons. The van der Waals surface area contributed by atoms with Crippen LogP contribution in [0, 0.1) is 5.92 Å². The van der Waals surface area contributed by atoms with Gasteiger partial charge in [-0.25, -0.2) is 0 Å². The lowest BCUT2D eigenvalue weighted by Gasteiger charge is -2.29. The monoisotopic (exact) mass is 279 g/mol. The normalized spacial score (nSPS) is 25.4. The Balaban J connectivity index is 1.40. The molecule has 0 radical (unpaired) electrons. The summed E-state index contributed by atoms with van der Waals surface area (Å²) < 4.78 is 10.9. The van der Waals surface area contributed by atoms with E-state index in [1.807, 2.05) is 0 Å². The van der Waals surface area contributed by atoms with Gasteiger partial charge in [0.2, 0.25) is 0 Å². The summed E-state index contributed by atoms with van der Waals surface area (Å²) in [5, 5.41) is 4.07. The summed E-state index contributed by atoms with van der Waals surface area (Å²) in [6.45, 7) is 6.80. The van der Waals surface area contributed by atoms with Crippen LogP contribution in [0.15, 0.2) is 4.52 Å². The number of likely N-dealkylation sites (tertiary alicyclic amines) is 1. The fraction of sp³-hybridized carbons (Fsp3) is 0.867. The molecule has 2 aliphatic heterocycles. The molecule has 5 heteroatoms. The lowest BCUT2D eigenvalue weighted by Crippen LogP contribution is -2.33. The van der Waals surface area contributed by atoms with E-state index < -0.39 is 0 Å². The highest BCUT2D eigenvalue weighted by molar-refractivity contribution is 4.92. The van der Waals surface area contributed by atoms with E-state index in [1.54, 1.807) is 0 Å². The van der Waals surface area contributed by atoms with Crippen LogP contribution >= 0.6 is 0 Å². The topological polar surface area (TPSA) is 51.4 Å². The van der Waals surface area contributed by atoms with E-state index >= 15 is 0 Å². The second kappa shape index (κ2) is 6.68. The number of aromatic nitrogens is 2. The van der Waals surface area contributed by atoms with Gasteiger partial charge in [-0.05, 0) is 57.7 Å². The van der Waals surface area contributed by atoms with Crippen LogP contribution in [-0.4, -0.2) is 41.3 Å². The van der Waals surface area contributed by atoms with Gasteiger partial charge in [0.15, 0.2) is 5.82 Å². The van der Waals surface area contributed by atoms with Crippen molar-refractivity contribution in [3.63, 3.8) is 0 Å². The summed E-state index contributed by atoms with van der Waals surface area (Å²) in [4.78, 5) is 7.02. The summed E-state index contributed by atoms with van der Waals surface area (Å²) in [6.07, 6.45) is 6.83. The van der Waals surface area contributed by atoms with E-state index in [0.29, 0.717) is 5.89 Å². The summed E-state index contributed by atoms with van der Waals surface area (Å²) in [5.74, 6) is 2.41. The molecule has 2 fully saturated rings. The molecule has 0 N–H and O–H groups in total. The molecule has 1 aromatic rings. The quantitative estimate of drug-likeness (QED) is 0.829. The number of rotatable bonds is 5. The minimum absolute atomic E-state index is 0.0415. The Morgan fingerprint density at radius 3 is 2.85 bits per heavy atom. The van der Waals surface area contributed by atoms with Gasteiger partial charge in [-0.1, -0.05) is 12.1 Å². The molecule has 1 unspecified atom stereocenters. The zero-order valence-electron chi connectivity index (χ0n) is 12.4. The molecule has 2 aliphatic rings. The SMILES string of the molecule is CC1CCN(CCCc2noc(C3CCCO3)n2)CC1. The molecule has 3 rings (SSSR count). The standard InChI is InChI=1S/C15H25N3O2/c1-12-6-9-18(10-7-12)8-2-5-14-16-15(20-17-14)13-4-3-11-19-13/h12-13H,2-11H2,1H3. The number of ether oxygens (including phenoxy) is 1. The lowest BCUT2D eigenvalue weighted by molar-refractivity contribution is 0.0835. The second-order valence-corrected chi connectivity index (χ2v) is 6.18. The van der Waals surface area contributed by atoms with Crippen molar-refractivity contribution in [2.24, 2.45) is 5.92 Å². The van der Waals surface area contributed by atoms with Crippen molar-refractivity contribution in [1.29, 1.82) is 0 Å². The van der Waals surface area contributed by atoms with Gasteiger partial charge in [-0.3, -0.25) is 0 Å². The minimum Gasteiger partial charge on any atom is -0.368 e. The average Bonchev–Trinajstić information content (AvgIpc) is 3.11. The van der Waals surface area contributed by atoms with Crippen molar-refractivity contribution in [3.8, 4) is 0 Å². The van der Waals surface area contributed by atoms with Gasteiger partial charge in [-0.2, -0.15) is 4.98 Å². The van der Waals surface area contributed by atoms with Crippen LogP contribution in [0.2, 0.25) is 0 Å². The van der Waals surface area contributed by atoms with E-state index in [4.69, 9.17) is 9.26 Å². The number of aryl methyl sites for hydroxylation is 1. The zero-order valence-corrected chi connectivity index (χ0v) is 12.4. The average molecular weight is 279 g/mol. The van der Waals surface area contributed by atoms with Crippen molar-refractivity contribution in [2.75, 3.05) is 26.2 Å². The van der Waals surface area contributed by atoms with Gasteiger partial charge in [0.05, 0.1) is 0 Å². The van der Waals surface area contributed by atoms with Gasteiger partial charge in [0.1, 0.15) is 6.10 Å². The second-order valence-electron chi connectivity index (χ2n) is 6.18. The number of hydrogen-bond acceptors (Lipinski definition) is 5. The third-order valence-electron chi connectivity index (χ3n) is 4.44. The van der Waals surface area contributed by atoms with Crippen molar-refractivity contribution in [1.82, 2.24) is 15.0 Å². The molecular weight excluding hydrogens is 254 g/mol. The smallest absolute Gasteiger partial charge is 0.255 e. The molecule has 0 saturated carbocycles. The fourth-order valence-electron chi connectivity index (χ4n) is 3.02. The van der Waals surface area contributed by atoms with Crippen molar-refractivity contribution >= 4 is 0 Å². The Hall–Kier alpha value is -0.940. The van der Waals surface area contributed by atoms with Crippen LogP contribution in [0.3, 0.4) is 0 Å². The van der Waals surface area contributed by atoms with Crippen molar-refractivity contribution in [3.05, 3.63) is 11.7 Å². The Labute approximate surface area is 120 Å². The van der Waals surface area contributed by atoms with Gasteiger partial charge in [-0.15, -0.1) is 0 Å². The third-order valence-corrected chi connectivity index (χ3v) is 4.44. The Morgan fingerprint density at radius 2 is 2.10 bits per heavy atom. The maximum Gasteiger partial charge on any atom is 0.255 e. The maximum atomic E-state index is 5.56. The van der Waals surface area contributed by atoms with Crippen LogP contribution in [0.4, 0.5) is 0 Å². The highest BCUT2D eigenvalue weighted by atomic mass is 16.5. The van der Waals surface area contributed by atoms with Crippen LogP contribution < -0.4 is 0 Å². The number of nitrogens with zero attached hydrogens (tertiary/aromatic N) is 3. The van der Waals surface area contributed by atoms with Gasteiger partial charge >= 0.3 is 0 Å². The summed E-state index contributed by atoms with van der Waals surface area (Å²) >= 11 is 0. The van der Waals surface area contributed by atoms with Crippen LogP contribution in [-0.2, 0) is 11.2 Å². The molecule has 5 nitrogen and oxygen atoms in total. The Morgan fingerprint density at radius 1 is 1.25 bits per heavy atom. The number of piperidine rings is 1. The zero-order chi connectivity index (χ0) is 13.8. The lowest BCUT2D eigenvalue weighted by atomic mass is 9.99. The largest absolute Gasteiger partial charge is 0.368 e. The molecule has 0 bridgehead atoms. The molecule has 3 heterocycles. The van der Waals surface area contributed by atoms with Gasteiger partial charge < -0.3 is 14.2 Å². The molecule has 1 atom stereocenters. The first-order chi connectivity index (χ1) is 9.81. The summed E-state index contributed by atoms with van der Waals surface area (Å²) in [5.41, 5.74) is 0. The molecule has 20 heavy (non-hydrogen) atoms. The number of hydrogen-bond donors (Lipinski definition) is 0. The van der Waals surface area contributed by atoms with Crippen LogP contribution in [0.5, 0.6) is 0 Å². The van der Waals surface area contributed by atoms with E-state index in [2.05, 4.69) is 22.0 Å². The first-order valence-corrected chi connectivity index (χ1v) is 7.97. The predicted octanol–water partition coefficient (Wildman–Crippen LogP) is 2.59. The van der Waals surface area contributed by atoms with E-state index in [1.165, 1.54) is 25.9 Å². The van der Waals surface area contributed by atoms with E-state index in [-0.39, 0.29) is 6.10 Å². The minimum atomic E-state index is 0.0415. The summed E-state index contributed by atoms with van der Waals surface area (Å²) in [7, 11) is 0.